The Morgan fingerprint density at radius 2 is 1.56 bits per heavy atom. The van der Waals surface area contributed by atoms with Crippen LogP contribution in [-0.4, -0.2) is 91.4 Å². The molecular formula is C27H37F3N6O5. The summed E-state index contributed by atoms with van der Waals surface area (Å²) in [6.07, 6.45) is 2.35. The number of hydrogen-bond acceptors (Lipinski definition) is 8. The lowest BCUT2D eigenvalue weighted by atomic mass is 10.2. The Morgan fingerprint density at radius 3 is 2.15 bits per heavy atom. The van der Waals surface area contributed by atoms with Crippen molar-refractivity contribution in [3.8, 4) is 5.75 Å². The molecule has 0 spiro atoms. The number of carboxylic acids is 1. The first-order chi connectivity index (χ1) is 19.6. The quantitative estimate of drug-likeness (QED) is 0.219. The number of carbonyl (C=O) groups is 3. The number of nitrogens with one attached hydrogen (secondary N) is 2. The van der Waals surface area contributed by atoms with Crippen LogP contribution in [0.15, 0.2) is 48.8 Å². The van der Waals surface area contributed by atoms with Gasteiger partial charge in [-0.1, -0.05) is 0 Å². The second kappa shape index (κ2) is 17.7. The number of amides is 2. The number of carbonyl (C=O) groups excluding carboxylic acids is 2. The number of halogens is 3. The molecule has 0 aliphatic carbocycles. The molecule has 2 heterocycles. The Bertz CT molecular complexity index is 1070. The van der Waals surface area contributed by atoms with E-state index in [4.69, 9.17) is 20.4 Å². The third-order valence-corrected chi connectivity index (χ3v) is 6.01. The van der Waals surface area contributed by atoms with Gasteiger partial charge in [0.2, 0.25) is 0 Å². The zero-order chi connectivity index (χ0) is 30.1. The molecule has 1 aromatic carbocycles. The van der Waals surface area contributed by atoms with Gasteiger partial charge in [0, 0.05) is 56.5 Å². The molecule has 41 heavy (non-hydrogen) atoms. The molecule has 1 aliphatic rings. The van der Waals surface area contributed by atoms with Crippen LogP contribution in [-0.2, 0) is 14.4 Å². The number of pyridine rings is 1. The van der Waals surface area contributed by atoms with Crippen molar-refractivity contribution < 1.29 is 37.4 Å². The van der Waals surface area contributed by atoms with Gasteiger partial charge < -0.3 is 31.1 Å². The molecule has 0 radical (unpaired) electrons. The number of benzene rings is 1. The van der Waals surface area contributed by atoms with Gasteiger partial charge in [-0.15, -0.1) is 0 Å². The molecule has 1 saturated heterocycles. The maximum absolute atomic E-state index is 12.2. The summed E-state index contributed by atoms with van der Waals surface area (Å²) in [6.45, 7) is 6.58. The van der Waals surface area contributed by atoms with E-state index in [1.165, 1.54) is 5.69 Å². The summed E-state index contributed by atoms with van der Waals surface area (Å²) in [5, 5.41) is 12.5. The van der Waals surface area contributed by atoms with Crippen molar-refractivity contribution in [3.05, 3.63) is 48.8 Å². The van der Waals surface area contributed by atoms with Crippen LogP contribution in [0.1, 0.15) is 25.7 Å². The van der Waals surface area contributed by atoms with Crippen molar-refractivity contribution in [2.24, 2.45) is 5.73 Å². The first-order valence-corrected chi connectivity index (χ1v) is 13.3. The molecule has 14 heteroatoms. The normalized spacial score (nSPS) is 13.5. The minimum Gasteiger partial charge on any atom is -0.494 e. The molecule has 1 aromatic heterocycles. The molecule has 1 fully saturated rings. The van der Waals surface area contributed by atoms with Crippen LogP contribution in [0.4, 0.5) is 24.5 Å². The van der Waals surface area contributed by atoms with Crippen molar-refractivity contribution in [3.63, 3.8) is 0 Å². The largest absolute Gasteiger partial charge is 0.494 e. The van der Waals surface area contributed by atoms with E-state index < -0.39 is 24.0 Å². The van der Waals surface area contributed by atoms with Gasteiger partial charge in [-0.2, -0.15) is 13.2 Å². The van der Waals surface area contributed by atoms with Crippen molar-refractivity contribution in [1.82, 2.24) is 15.2 Å². The standard InChI is InChI=1S/C25H36N6O3.C2HF3O2/c26-11-2-1-3-20-34-23-7-5-21(6-8-23)29-25(33)24(32)28-12-4-15-30-16-18-31(19-17-30)22-9-13-27-14-10-22;3-2(4,5)1(6)7/h5-10,13-14H,1-4,11-12,15-20,26H2,(H,28,32)(H,29,33);(H,6,7). The van der Waals surface area contributed by atoms with Gasteiger partial charge in [0.05, 0.1) is 6.61 Å². The van der Waals surface area contributed by atoms with Gasteiger partial charge >= 0.3 is 24.0 Å². The fourth-order valence-electron chi connectivity index (χ4n) is 3.80. The minimum absolute atomic E-state index is 0.466. The van der Waals surface area contributed by atoms with Gasteiger partial charge in [0.25, 0.3) is 0 Å². The predicted octanol–water partition coefficient (Wildman–Crippen LogP) is 2.49. The van der Waals surface area contributed by atoms with E-state index >= 15 is 0 Å². The topological polar surface area (TPSA) is 150 Å². The summed E-state index contributed by atoms with van der Waals surface area (Å²) in [6, 6.07) is 11.1. The summed E-state index contributed by atoms with van der Waals surface area (Å²) in [7, 11) is 0. The van der Waals surface area contributed by atoms with E-state index in [1.54, 1.807) is 24.3 Å². The van der Waals surface area contributed by atoms with Crippen LogP contribution in [0.2, 0.25) is 0 Å². The number of unbranched alkanes of at least 4 members (excludes halogenated alkanes) is 2. The zero-order valence-electron chi connectivity index (χ0n) is 22.7. The molecule has 3 rings (SSSR count). The van der Waals surface area contributed by atoms with E-state index in [1.807, 2.05) is 24.5 Å². The van der Waals surface area contributed by atoms with Gasteiger partial charge in [0.1, 0.15) is 5.75 Å². The summed E-state index contributed by atoms with van der Waals surface area (Å²) in [5.74, 6) is -3.31. The third kappa shape index (κ3) is 13.3. The maximum atomic E-state index is 12.2. The minimum atomic E-state index is -5.08. The number of alkyl halides is 3. The Labute approximate surface area is 236 Å². The van der Waals surface area contributed by atoms with E-state index in [9.17, 15) is 22.8 Å². The van der Waals surface area contributed by atoms with E-state index in [0.717, 1.165) is 64.2 Å². The molecule has 226 valence electrons. The smallest absolute Gasteiger partial charge is 0.490 e. The van der Waals surface area contributed by atoms with Crippen LogP contribution in [0, 0.1) is 0 Å². The highest BCUT2D eigenvalue weighted by Crippen LogP contribution is 2.17. The van der Waals surface area contributed by atoms with Crippen LogP contribution in [0.25, 0.3) is 0 Å². The number of carboxylic acid groups (broad SMARTS) is 1. The Balaban J connectivity index is 0.000000745. The van der Waals surface area contributed by atoms with Crippen LogP contribution >= 0.6 is 0 Å². The van der Waals surface area contributed by atoms with E-state index in [-0.39, 0.29) is 0 Å². The molecule has 0 unspecified atom stereocenters. The lowest BCUT2D eigenvalue weighted by Gasteiger charge is -2.36. The molecule has 5 N–H and O–H groups in total. The summed E-state index contributed by atoms with van der Waals surface area (Å²) in [4.78, 5) is 42.0. The number of nitrogens with two attached hydrogens (primary N) is 1. The lowest BCUT2D eigenvalue weighted by Crippen LogP contribution is -2.47. The number of aliphatic carboxylic acids is 1. The monoisotopic (exact) mass is 582 g/mol. The molecule has 0 bridgehead atoms. The maximum Gasteiger partial charge on any atom is 0.490 e. The van der Waals surface area contributed by atoms with Gasteiger partial charge in [-0.05, 0) is 75.2 Å². The highest BCUT2D eigenvalue weighted by Gasteiger charge is 2.38. The predicted molar refractivity (Wildman–Crippen MR) is 148 cm³/mol. The Kier molecular flexibility index (Phi) is 14.4. The zero-order valence-corrected chi connectivity index (χ0v) is 22.7. The second-order valence-corrected chi connectivity index (χ2v) is 9.12. The summed E-state index contributed by atoms with van der Waals surface area (Å²) in [5.41, 5.74) is 7.24. The number of anilines is 2. The molecule has 11 nitrogen and oxygen atoms in total. The molecular weight excluding hydrogens is 545 g/mol. The molecule has 2 aromatic rings. The molecule has 0 saturated carbocycles. The van der Waals surface area contributed by atoms with Crippen LogP contribution in [0.5, 0.6) is 5.75 Å². The average molecular weight is 583 g/mol. The van der Waals surface area contributed by atoms with Crippen molar-refractivity contribution in [2.75, 3.05) is 62.6 Å². The number of hydrogen-bond donors (Lipinski definition) is 4. The first kappa shape index (κ1) is 33.3. The number of aromatic nitrogens is 1. The summed E-state index contributed by atoms with van der Waals surface area (Å²) < 4.78 is 37.4. The van der Waals surface area contributed by atoms with Gasteiger partial charge in [-0.3, -0.25) is 19.5 Å². The highest BCUT2D eigenvalue weighted by molar-refractivity contribution is 6.39. The number of nitrogens with zero attached hydrogens (tertiary/aromatic N) is 3. The average Bonchev–Trinajstić information content (AvgIpc) is 2.96. The number of rotatable bonds is 12. The Hall–Kier alpha value is -3.91. The van der Waals surface area contributed by atoms with Crippen LogP contribution < -0.4 is 26.0 Å². The third-order valence-electron chi connectivity index (χ3n) is 6.01. The second-order valence-electron chi connectivity index (χ2n) is 9.12. The Morgan fingerprint density at radius 1 is 0.927 bits per heavy atom. The SMILES string of the molecule is NCCCCCOc1ccc(NC(=O)C(=O)NCCCN2CCN(c3ccncc3)CC2)cc1.O=C(O)C(F)(F)F. The summed E-state index contributed by atoms with van der Waals surface area (Å²) >= 11 is 0. The molecule has 0 atom stereocenters. The van der Waals surface area contributed by atoms with E-state index in [0.29, 0.717) is 25.4 Å². The van der Waals surface area contributed by atoms with Crippen molar-refractivity contribution >= 4 is 29.2 Å². The van der Waals surface area contributed by atoms with Crippen molar-refractivity contribution in [2.45, 2.75) is 31.9 Å². The number of piperazine rings is 1. The van der Waals surface area contributed by atoms with Crippen LogP contribution in [0.3, 0.4) is 0 Å². The highest BCUT2D eigenvalue weighted by atomic mass is 19.4. The van der Waals surface area contributed by atoms with Gasteiger partial charge in [0.15, 0.2) is 0 Å². The fraction of sp³-hybridized carbons (Fsp3) is 0.481. The van der Waals surface area contributed by atoms with Crippen molar-refractivity contribution in [1.29, 1.82) is 0 Å². The van der Waals surface area contributed by atoms with E-state index in [2.05, 4.69) is 25.4 Å². The fourth-order valence-corrected chi connectivity index (χ4v) is 3.80. The van der Waals surface area contributed by atoms with Gasteiger partial charge in [-0.25, -0.2) is 4.79 Å². The molecule has 2 amide bonds. The first-order valence-electron chi connectivity index (χ1n) is 13.3. The number of ether oxygens (including phenoxy) is 1. The molecule has 1 aliphatic heterocycles. The lowest BCUT2D eigenvalue weighted by molar-refractivity contribution is -0.192.